The maximum Gasteiger partial charge on any atom is 0.164 e. The number of furan rings is 1. The van der Waals surface area contributed by atoms with Crippen molar-refractivity contribution in [3.63, 3.8) is 0 Å². The molecule has 5 nitrogen and oxygen atoms in total. The van der Waals surface area contributed by atoms with Gasteiger partial charge in [-0.3, -0.25) is 0 Å². The summed E-state index contributed by atoms with van der Waals surface area (Å²) in [6, 6.07) is 63.7. The van der Waals surface area contributed by atoms with Gasteiger partial charge in [0.25, 0.3) is 0 Å². The second kappa shape index (κ2) is 12.6. The van der Waals surface area contributed by atoms with Gasteiger partial charge in [-0.25, -0.2) is 15.0 Å². The zero-order chi connectivity index (χ0) is 37.5. The molecule has 0 radical (unpaired) electrons. The molecule has 0 N–H and O–H groups in total. The lowest BCUT2D eigenvalue weighted by Gasteiger charge is -2.09. The lowest BCUT2D eigenvalue weighted by molar-refractivity contribution is 0.669. The molecule has 4 aromatic heterocycles. The molecular weight excluding hydrogens is 717 g/mol. The molecule has 0 atom stereocenters. The Morgan fingerprint density at radius 2 is 1.00 bits per heavy atom. The smallest absolute Gasteiger partial charge is 0.164 e. The number of aromatic nitrogens is 4. The molecule has 0 aliphatic carbocycles. The van der Waals surface area contributed by atoms with Crippen LogP contribution in [0.5, 0.6) is 0 Å². The predicted molar refractivity (Wildman–Crippen MR) is 236 cm³/mol. The number of hydrogen-bond acceptors (Lipinski definition) is 5. The number of nitrogens with zero attached hydrogens (tertiary/aromatic N) is 4. The van der Waals surface area contributed by atoms with Crippen LogP contribution in [0.25, 0.3) is 115 Å². The van der Waals surface area contributed by atoms with Gasteiger partial charge in [0.1, 0.15) is 11.2 Å². The Morgan fingerprint density at radius 1 is 0.404 bits per heavy atom. The van der Waals surface area contributed by atoms with E-state index in [-0.39, 0.29) is 0 Å². The van der Waals surface area contributed by atoms with Crippen LogP contribution in [0.15, 0.2) is 186 Å². The monoisotopic (exact) mass is 746 g/mol. The molecule has 4 heterocycles. The molecule has 0 saturated carbocycles. The molecule has 266 valence electrons. The summed E-state index contributed by atoms with van der Waals surface area (Å²) < 4.78 is 11.6. The van der Waals surface area contributed by atoms with Crippen LogP contribution >= 0.6 is 11.3 Å². The van der Waals surface area contributed by atoms with E-state index in [1.165, 1.54) is 47.7 Å². The summed E-state index contributed by atoms with van der Waals surface area (Å²) in [6.07, 6.45) is 0. The molecular formula is C51H30N4OS. The SMILES string of the molecule is c1ccc(-c2nc(-c3ccccc3)nc(-c3cccc4oc5cc(-c6ccc7sc8c(-n9c%10ccccc%10c%10ccccc%109)cccc8c7c6)ccc5c34)n2)cc1. The number of benzene rings is 8. The van der Waals surface area contributed by atoms with Crippen molar-refractivity contribution in [3.8, 4) is 51.0 Å². The summed E-state index contributed by atoms with van der Waals surface area (Å²) in [5.74, 6) is 1.87. The standard InChI is InChI=1S/C51H30N4OS/c1-3-13-31(14-4-1)49-52-50(32-15-5-2-6-16-32)54-51(53-49)39-20-12-24-44-47(39)38-27-25-34(30-45(38)56-44)33-26-28-46-40(29-33)37-19-11-23-43(48(37)57-46)55-41-21-9-7-17-35(41)36-18-8-10-22-42(36)55/h1-30H. The highest BCUT2D eigenvalue weighted by Crippen LogP contribution is 2.43. The van der Waals surface area contributed by atoms with E-state index < -0.39 is 0 Å². The minimum atomic E-state index is 0.607. The normalized spacial score (nSPS) is 11.9. The van der Waals surface area contributed by atoms with Crippen molar-refractivity contribution in [2.45, 2.75) is 0 Å². The quantitative estimate of drug-likeness (QED) is 0.176. The van der Waals surface area contributed by atoms with Crippen LogP contribution < -0.4 is 0 Å². The number of fused-ring (bicyclic) bond motifs is 9. The summed E-state index contributed by atoms with van der Waals surface area (Å²) in [5, 5.41) is 7.05. The highest BCUT2D eigenvalue weighted by atomic mass is 32.1. The maximum absolute atomic E-state index is 6.60. The Morgan fingerprint density at radius 3 is 1.72 bits per heavy atom. The van der Waals surface area contributed by atoms with Crippen molar-refractivity contribution in [2.24, 2.45) is 0 Å². The molecule has 0 aliphatic rings. The second-order valence-corrected chi connectivity index (χ2v) is 15.4. The first-order chi connectivity index (χ1) is 28.2. The molecule has 0 amide bonds. The van der Waals surface area contributed by atoms with E-state index in [1.807, 2.05) is 84.1 Å². The Kier molecular flexibility index (Phi) is 7.03. The van der Waals surface area contributed by atoms with Gasteiger partial charge in [-0.05, 0) is 59.7 Å². The van der Waals surface area contributed by atoms with Crippen LogP contribution in [0.3, 0.4) is 0 Å². The first kappa shape index (κ1) is 31.9. The molecule has 0 spiro atoms. The summed E-state index contributed by atoms with van der Waals surface area (Å²) in [4.78, 5) is 15.0. The molecule has 8 aromatic carbocycles. The van der Waals surface area contributed by atoms with Crippen molar-refractivity contribution in [2.75, 3.05) is 0 Å². The Hall–Kier alpha value is -7.41. The van der Waals surface area contributed by atoms with Gasteiger partial charge >= 0.3 is 0 Å². The zero-order valence-electron chi connectivity index (χ0n) is 30.4. The number of hydrogen-bond donors (Lipinski definition) is 0. The summed E-state index contributed by atoms with van der Waals surface area (Å²) in [7, 11) is 0. The van der Waals surface area contributed by atoms with Gasteiger partial charge in [0, 0.05) is 53.7 Å². The van der Waals surface area contributed by atoms with Crippen molar-refractivity contribution in [1.82, 2.24) is 19.5 Å². The zero-order valence-corrected chi connectivity index (χ0v) is 31.2. The highest BCUT2D eigenvalue weighted by Gasteiger charge is 2.20. The van der Waals surface area contributed by atoms with Gasteiger partial charge in [-0.2, -0.15) is 0 Å². The van der Waals surface area contributed by atoms with E-state index in [2.05, 4.69) is 114 Å². The van der Waals surface area contributed by atoms with Gasteiger partial charge < -0.3 is 8.98 Å². The molecule has 6 heteroatoms. The van der Waals surface area contributed by atoms with Gasteiger partial charge in [-0.15, -0.1) is 11.3 Å². The third-order valence-electron chi connectivity index (χ3n) is 11.1. The van der Waals surface area contributed by atoms with Crippen LogP contribution in [0.4, 0.5) is 0 Å². The molecule has 0 saturated heterocycles. The molecule has 12 rings (SSSR count). The van der Waals surface area contributed by atoms with Gasteiger partial charge in [0.05, 0.1) is 21.4 Å². The Labute approximate surface area is 330 Å². The number of thiophene rings is 1. The van der Waals surface area contributed by atoms with Crippen LogP contribution in [-0.2, 0) is 0 Å². The van der Waals surface area contributed by atoms with E-state index in [0.29, 0.717) is 17.5 Å². The second-order valence-electron chi connectivity index (χ2n) is 14.4. The van der Waals surface area contributed by atoms with Crippen LogP contribution in [-0.4, -0.2) is 19.5 Å². The third kappa shape index (κ3) is 5.04. The molecule has 0 fully saturated rings. The molecule has 0 unspecified atom stereocenters. The van der Waals surface area contributed by atoms with Crippen molar-refractivity contribution in [3.05, 3.63) is 182 Å². The van der Waals surface area contributed by atoms with Crippen LogP contribution in [0, 0.1) is 0 Å². The van der Waals surface area contributed by atoms with Crippen LogP contribution in [0.1, 0.15) is 0 Å². The number of rotatable bonds is 5. The third-order valence-corrected chi connectivity index (χ3v) is 12.3. The fourth-order valence-corrected chi connectivity index (χ4v) is 9.63. The largest absolute Gasteiger partial charge is 0.456 e. The first-order valence-corrected chi connectivity index (χ1v) is 19.8. The molecule has 0 aliphatic heterocycles. The lowest BCUT2D eigenvalue weighted by Crippen LogP contribution is -2.00. The van der Waals surface area contributed by atoms with Crippen molar-refractivity contribution >= 4 is 75.3 Å². The van der Waals surface area contributed by atoms with E-state index >= 15 is 0 Å². The minimum absolute atomic E-state index is 0.607. The summed E-state index contributed by atoms with van der Waals surface area (Å²) in [6.45, 7) is 0. The first-order valence-electron chi connectivity index (χ1n) is 19.0. The lowest BCUT2D eigenvalue weighted by atomic mass is 10.00. The predicted octanol–water partition coefficient (Wildman–Crippen LogP) is 13.9. The Bertz CT molecular complexity index is 3420. The van der Waals surface area contributed by atoms with E-state index in [0.717, 1.165) is 49.8 Å². The Balaban J connectivity index is 0.986. The van der Waals surface area contributed by atoms with Gasteiger partial charge in [0.2, 0.25) is 0 Å². The topological polar surface area (TPSA) is 56.7 Å². The minimum Gasteiger partial charge on any atom is -0.456 e. The van der Waals surface area contributed by atoms with Gasteiger partial charge in [0.15, 0.2) is 17.5 Å². The van der Waals surface area contributed by atoms with Gasteiger partial charge in [-0.1, -0.05) is 133 Å². The van der Waals surface area contributed by atoms with Crippen molar-refractivity contribution < 1.29 is 4.42 Å². The van der Waals surface area contributed by atoms with E-state index in [1.54, 1.807) is 0 Å². The summed E-state index contributed by atoms with van der Waals surface area (Å²) in [5.41, 5.74) is 10.3. The number of para-hydroxylation sites is 2. The molecule has 57 heavy (non-hydrogen) atoms. The van der Waals surface area contributed by atoms with E-state index in [9.17, 15) is 0 Å². The fourth-order valence-electron chi connectivity index (χ4n) is 8.44. The fraction of sp³-hybridized carbons (Fsp3) is 0. The molecule has 0 bridgehead atoms. The molecule has 12 aromatic rings. The van der Waals surface area contributed by atoms with Crippen molar-refractivity contribution in [1.29, 1.82) is 0 Å². The average molecular weight is 747 g/mol. The van der Waals surface area contributed by atoms with E-state index in [4.69, 9.17) is 19.4 Å². The summed E-state index contributed by atoms with van der Waals surface area (Å²) >= 11 is 1.86. The maximum atomic E-state index is 6.60. The highest BCUT2D eigenvalue weighted by molar-refractivity contribution is 7.26. The average Bonchev–Trinajstić information content (AvgIpc) is 3.96. The van der Waals surface area contributed by atoms with Crippen LogP contribution in [0.2, 0.25) is 0 Å².